The second-order valence-electron chi connectivity index (χ2n) is 4.35. The van der Waals surface area contributed by atoms with Gasteiger partial charge in [0.05, 0.1) is 19.5 Å². The van der Waals surface area contributed by atoms with Gasteiger partial charge in [-0.3, -0.25) is 0 Å². The van der Waals surface area contributed by atoms with Crippen molar-refractivity contribution >= 4 is 9.84 Å². The van der Waals surface area contributed by atoms with Crippen LogP contribution in [0.2, 0.25) is 0 Å². The van der Waals surface area contributed by atoms with Crippen LogP contribution >= 0.6 is 0 Å². The van der Waals surface area contributed by atoms with Gasteiger partial charge in [0, 0.05) is 12.8 Å². The van der Waals surface area contributed by atoms with Crippen molar-refractivity contribution in [2.45, 2.75) is 13.0 Å². The van der Waals surface area contributed by atoms with Gasteiger partial charge in [0.1, 0.15) is 9.84 Å². The number of benzene rings is 1. The standard InChI is InChI=1S/C13H21NO4S/c1-14-10-11-5-6-12(17-2)13(9-11)18-7-4-8-19(3,15)16/h5-6,9,14H,4,7-8,10H2,1-3H3. The van der Waals surface area contributed by atoms with Crippen molar-refractivity contribution in [3.8, 4) is 11.5 Å². The molecule has 6 heteroatoms. The summed E-state index contributed by atoms with van der Waals surface area (Å²) in [7, 11) is 0.519. The molecule has 0 atom stereocenters. The van der Waals surface area contributed by atoms with E-state index in [2.05, 4.69) is 5.32 Å². The van der Waals surface area contributed by atoms with E-state index in [4.69, 9.17) is 9.47 Å². The Morgan fingerprint density at radius 2 is 2.00 bits per heavy atom. The predicted octanol–water partition coefficient (Wildman–Crippen LogP) is 1.23. The summed E-state index contributed by atoms with van der Waals surface area (Å²) >= 11 is 0. The van der Waals surface area contributed by atoms with Crippen LogP contribution in [-0.2, 0) is 16.4 Å². The molecule has 0 radical (unpaired) electrons. The molecule has 0 aliphatic rings. The average molecular weight is 287 g/mol. The third-order valence-corrected chi connectivity index (χ3v) is 3.56. The number of hydrogen-bond acceptors (Lipinski definition) is 5. The minimum absolute atomic E-state index is 0.130. The minimum Gasteiger partial charge on any atom is -0.493 e. The Balaban J connectivity index is 2.62. The van der Waals surface area contributed by atoms with Crippen LogP contribution in [0.1, 0.15) is 12.0 Å². The lowest BCUT2D eigenvalue weighted by Crippen LogP contribution is -2.09. The SMILES string of the molecule is CNCc1ccc(OC)c(OCCCS(C)(=O)=O)c1. The van der Waals surface area contributed by atoms with E-state index in [1.165, 1.54) is 6.26 Å². The maximum Gasteiger partial charge on any atom is 0.161 e. The summed E-state index contributed by atoms with van der Waals surface area (Å²) in [6, 6.07) is 5.70. The van der Waals surface area contributed by atoms with Crippen molar-refractivity contribution < 1.29 is 17.9 Å². The summed E-state index contributed by atoms with van der Waals surface area (Å²) in [5.74, 6) is 1.42. The molecule has 0 heterocycles. The normalized spacial score (nSPS) is 11.3. The molecular weight excluding hydrogens is 266 g/mol. The molecule has 0 aliphatic carbocycles. The van der Waals surface area contributed by atoms with E-state index < -0.39 is 9.84 Å². The monoisotopic (exact) mass is 287 g/mol. The van der Waals surface area contributed by atoms with Crippen LogP contribution in [0.3, 0.4) is 0 Å². The third kappa shape index (κ3) is 5.94. The summed E-state index contributed by atoms with van der Waals surface area (Å²) in [4.78, 5) is 0. The molecule has 0 saturated heterocycles. The van der Waals surface area contributed by atoms with Gasteiger partial charge in [0.25, 0.3) is 0 Å². The smallest absolute Gasteiger partial charge is 0.161 e. The first kappa shape index (κ1) is 15.8. The first-order valence-electron chi connectivity index (χ1n) is 6.08. The largest absolute Gasteiger partial charge is 0.493 e. The molecule has 0 bridgehead atoms. The molecule has 0 amide bonds. The molecule has 5 nitrogen and oxygen atoms in total. The summed E-state index contributed by atoms with van der Waals surface area (Å²) in [6.07, 6.45) is 1.69. The van der Waals surface area contributed by atoms with E-state index >= 15 is 0 Å². The zero-order valence-electron chi connectivity index (χ0n) is 11.6. The Bertz CT molecular complexity index is 499. The second-order valence-corrected chi connectivity index (χ2v) is 6.61. The van der Waals surface area contributed by atoms with Crippen LogP contribution < -0.4 is 14.8 Å². The van der Waals surface area contributed by atoms with Gasteiger partial charge in [-0.25, -0.2) is 8.42 Å². The van der Waals surface area contributed by atoms with Crippen molar-refractivity contribution in [2.75, 3.05) is 32.8 Å². The molecule has 0 saturated carbocycles. The molecule has 0 fully saturated rings. The summed E-state index contributed by atoms with van der Waals surface area (Å²) in [5.41, 5.74) is 1.08. The van der Waals surface area contributed by atoms with Crippen LogP contribution in [-0.4, -0.2) is 41.2 Å². The predicted molar refractivity (Wildman–Crippen MR) is 75.6 cm³/mol. The van der Waals surface area contributed by atoms with Gasteiger partial charge in [-0.15, -0.1) is 0 Å². The molecule has 1 rings (SSSR count). The first-order valence-corrected chi connectivity index (χ1v) is 8.14. The summed E-state index contributed by atoms with van der Waals surface area (Å²) in [6.45, 7) is 1.09. The van der Waals surface area contributed by atoms with Crippen LogP contribution in [0.5, 0.6) is 11.5 Å². The number of hydrogen-bond donors (Lipinski definition) is 1. The Morgan fingerprint density at radius 3 is 2.58 bits per heavy atom. The second kappa shape index (κ2) is 7.35. The highest BCUT2D eigenvalue weighted by Gasteiger charge is 2.07. The number of sulfone groups is 1. The Labute approximate surface area is 114 Å². The van der Waals surface area contributed by atoms with Crippen molar-refractivity contribution in [1.29, 1.82) is 0 Å². The molecule has 1 N–H and O–H groups in total. The third-order valence-electron chi connectivity index (χ3n) is 2.53. The molecule has 0 aromatic heterocycles. The zero-order valence-corrected chi connectivity index (χ0v) is 12.4. The highest BCUT2D eigenvalue weighted by molar-refractivity contribution is 7.90. The van der Waals surface area contributed by atoms with E-state index in [0.29, 0.717) is 24.5 Å². The Hall–Kier alpha value is -1.27. The van der Waals surface area contributed by atoms with Gasteiger partial charge in [0.15, 0.2) is 11.5 Å². The van der Waals surface area contributed by atoms with Gasteiger partial charge < -0.3 is 14.8 Å². The number of rotatable bonds is 8. The molecule has 0 aliphatic heterocycles. The lowest BCUT2D eigenvalue weighted by Gasteiger charge is -2.12. The van der Waals surface area contributed by atoms with E-state index in [-0.39, 0.29) is 5.75 Å². The fraction of sp³-hybridized carbons (Fsp3) is 0.538. The Kier molecular flexibility index (Phi) is 6.11. The van der Waals surface area contributed by atoms with Crippen LogP contribution in [0.25, 0.3) is 0 Å². The van der Waals surface area contributed by atoms with Crippen LogP contribution in [0.15, 0.2) is 18.2 Å². The molecule has 0 spiro atoms. The fourth-order valence-electron chi connectivity index (χ4n) is 1.65. The van der Waals surface area contributed by atoms with Crippen molar-refractivity contribution in [3.05, 3.63) is 23.8 Å². The average Bonchev–Trinajstić information content (AvgIpc) is 2.34. The number of nitrogens with one attached hydrogen (secondary N) is 1. The van der Waals surface area contributed by atoms with E-state index in [0.717, 1.165) is 12.1 Å². The van der Waals surface area contributed by atoms with Crippen molar-refractivity contribution in [3.63, 3.8) is 0 Å². The van der Waals surface area contributed by atoms with E-state index in [1.54, 1.807) is 7.11 Å². The minimum atomic E-state index is -2.93. The number of methoxy groups -OCH3 is 1. The molecule has 0 unspecified atom stereocenters. The highest BCUT2D eigenvalue weighted by atomic mass is 32.2. The van der Waals surface area contributed by atoms with E-state index in [9.17, 15) is 8.42 Å². The molecule has 1 aromatic carbocycles. The topological polar surface area (TPSA) is 64.6 Å². The maximum atomic E-state index is 11.0. The fourth-order valence-corrected chi connectivity index (χ4v) is 2.29. The molecule has 108 valence electrons. The quantitative estimate of drug-likeness (QED) is 0.729. The summed E-state index contributed by atoms with van der Waals surface area (Å²) in [5, 5.41) is 3.06. The van der Waals surface area contributed by atoms with Gasteiger partial charge >= 0.3 is 0 Å². The van der Waals surface area contributed by atoms with Gasteiger partial charge in [-0.2, -0.15) is 0 Å². The first-order chi connectivity index (χ1) is 8.96. The van der Waals surface area contributed by atoms with Crippen LogP contribution in [0, 0.1) is 0 Å². The highest BCUT2D eigenvalue weighted by Crippen LogP contribution is 2.28. The van der Waals surface area contributed by atoms with E-state index in [1.807, 2.05) is 25.2 Å². The van der Waals surface area contributed by atoms with Crippen molar-refractivity contribution in [2.24, 2.45) is 0 Å². The Morgan fingerprint density at radius 1 is 1.26 bits per heavy atom. The zero-order chi connectivity index (χ0) is 14.3. The van der Waals surface area contributed by atoms with Gasteiger partial charge in [-0.1, -0.05) is 6.07 Å². The molecular formula is C13H21NO4S. The van der Waals surface area contributed by atoms with Gasteiger partial charge in [-0.05, 0) is 31.2 Å². The summed E-state index contributed by atoms with van der Waals surface area (Å²) < 4.78 is 32.8. The molecule has 19 heavy (non-hydrogen) atoms. The lowest BCUT2D eigenvalue weighted by atomic mass is 10.2. The maximum absolute atomic E-state index is 11.0. The van der Waals surface area contributed by atoms with Crippen molar-refractivity contribution in [1.82, 2.24) is 5.32 Å². The lowest BCUT2D eigenvalue weighted by molar-refractivity contribution is 0.294. The number of ether oxygens (including phenoxy) is 2. The molecule has 1 aromatic rings. The van der Waals surface area contributed by atoms with Gasteiger partial charge in [0.2, 0.25) is 0 Å². The van der Waals surface area contributed by atoms with Crippen LogP contribution in [0.4, 0.5) is 0 Å².